The predicted octanol–water partition coefficient (Wildman–Crippen LogP) is 1.04. The van der Waals surface area contributed by atoms with Gasteiger partial charge < -0.3 is 10.0 Å². The molecule has 1 aliphatic heterocycles. The van der Waals surface area contributed by atoms with Crippen LogP contribution in [0.1, 0.15) is 16.9 Å². The van der Waals surface area contributed by atoms with Gasteiger partial charge in [0.25, 0.3) is 0 Å². The van der Waals surface area contributed by atoms with E-state index < -0.39 is 5.97 Å². The van der Waals surface area contributed by atoms with Crippen LogP contribution in [0.5, 0.6) is 0 Å². The number of carboxylic acid groups (broad SMARTS) is 1. The van der Waals surface area contributed by atoms with Gasteiger partial charge in [0.1, 0.15) is 0 Å². The fourth-order valence-corrected chi connectivity index (χ4v) is 3.05. The first-order chi connectivity index (χ1) is 9.06. The highest BCUT2D eigenvalue weighted by Gasteiger charge is 2.22. The van der Waals surface area contributed by atoms with E-state index in [4.69, 9.17) is 5.11 Å². The van der Waals surface area contributed by atoms with Gasteiger partial charge in [0.15, 0.2) is 0 Å². The van der Waals surface area contributed by atoms with Crippen molar-refractivity contribution in [3.8, 4) is 0 Å². The highest BCUT2D eigenvalue weighted by Crippen LogP contribution is 2.23. The Morgan fingerprint density at radius 2 is 2.32 bits per heavy atom. The van der Waals surface area contributed by atoms with Gasteiger partial charge in [-0.25, -0.2) is 0 Å². The smallest absolute Gasteiger partial charge is 0.304 e. The van der Waals surface area contributed by atoms with Crippen LogP contribution in [0.3, 0.4) is 0 Å². The third kappa shape index (κ3) is 3.78. The summed E-state index contributed by atoms with van der Waals surface area (Å²) in [5.41, 5.74) is 1.25. The fourth-order valence-electron chi connectivity index (χ4n) is 2.16. The molecule has 5 nitrogen and oxygen atoms in total. The predicted molar refractivity (Wildman–Crippen MR) is 73.2 cm³/mol. The lowest BCUT2D eigenvalue weighted by Crippen LogP contribution is -2.41. The number of carboxylic acids is 1. The zero-order chi connectivity index (χ0) is 13.8. The number of carbonyl (C=O) groups excluding carboxylic acids is 1. The summed E-state index contributed by atoms with van der Waals surface area (Å²) in [7, 11) is 1.78. The number of nitrogens with zero attached hydrogens (tertiary/aromatic N) is 2. The van der Waals surface area contributed by atoms with Gasteiger partial charge >= 0.3 is 5.97 Å². The maximum atomic E-state index is 12.1. The van der Waals surface area contributed by atoms with E-state index in [2.05, 4.69) is 11.4 Å². The van der Waals surface area contributed by atoms with Gasteiger partial charge in [-0.1, -0.05) is 0 Å². The molecule has 0 fully saturated rings. The molecule has 0 bridgehead atoms. The van der Waals surface area contributed by atoms with Crippen molar-refractivity contribution in [1.82, 2.24) is 9.80 Å². The van der Waals surface area contributed by atoms with Gasteiger partial charge in [-0.2, -0.15) is 0 Å². The summed E-state index contributed by atoms with van der Waals surface area (Å²) in [6.07, 6.45) is 0.996. The lowest BCUT2D eigenvalue weighted by atomic mass is 10.1. The number of aliphatic carboxylic acids is 1. The molecule has 0 saturated heterocycles. The summed E-state index contributed by atoms with van der Waals surface area (Å²) in [5, 5.41) is 10.7. The van der Waals surface area contributed by atoms with Crippen molar-refractivity contribution in [3.63, 3.8) is 0 Å². The third-order valence-electron chi connectivity index (χ3n) is 3.27. The number of likely N-dealkylation sites (N-methyl/N-ethyl adjacent to an activating group) is 1. The summed E-state index contributed by atoms with van der Waals surface area (Å²) < 4.78 is 0. The Morgan fingerprint density at radius 1 is 1.53 bits per heavy atom. The molecular weight excluding hydrogens is 264 g/mol. The molecule has 0 aliphatic carbocycles. The van der Waals surface area contributed by atoms with Crippen LogP contribution in [0.4, 0.5) is 0 Å². The number of amides is 1. The average molecular weight is 282 g/mol. The fraction of sp³-hybridized carbons (Fsp3) is 0.538. The van der Waals surface area contributed by atoms with E-state index in [0.29, 0.717) is 13.1 Å². The zero-order valence-electron chi connectivity index (χ0n) is 11.0. The highest BCUT2D eigenvalue weighted by atomic mass is 32.1. The van der Waals surface area contributed by atoms with E-state index in [-0.39, 0.29) is 18.9 Å². The molecule has 0 radical (unpaired) electrons. The lowest BCUT2D eigenvalue weighted by Gasteiger charge is -2.28. The lowest BCUT2D eigenvalue weighted by molar-refractivity contribution is -0.138. The zero-order valence-corrected chi connectivity index (χ0v) is 11.8. The molecule has 1 N–H and O–H groups in total. The van der Waals surface area contributed by atoms with E-state index in [9.17, 15) is 9.59 Å². The van der Waals surface area contributed by atoms with Crippen LogP contribution in [0.2, 0.25) is 0 Å². The van der Waals surface area contributed by atoms with Crippen LogP contribution in [-0.2, 0) is 22.6 Å². The summed E-state index contributed by atoms with van der Waals surface area (Å²) in [6.45, 7) is 2.13. The van der Waals surface area contributed by atoms with Crippen molar-refractivity contribution in [2.75, 3.05) is 26.7 Å². The quantitative estimate of drug-likeness (QED) is 0.876. The molecule has 0 spiro atoms. The SMILES string of the molecule is CN(CCC(=O)O)CC(=O)N1CCc2sccc2C1. The first kappa shape index (κ1) is 14.0. The summed E-state index contributed by atoms with van der Waals surface area (Å²) >= 11 is 1.75. The molecule has 0 atom stereocenters. The van der Waals surface area contributed by atoms with Gasteiger partial charge in [0, 0.05) is 24.5 Å². The second kappa shape index (κ2) is 6.16. The standard InChI is InChI=1S/C13H18N2O3S/c1-14(5-3-13(17)18)9-12(16)15-6-2-11-10(8-15)4-7-19-11/h4,7H,2-3,5-6,8-9H2,1H3,(H,17,18). The van der Waals surface area contributed by atoms with E-state index >= 15 is 0 Å². The van der Waals surface area contributed by atoms with Crippen molar-refractivity contribution >= 4 is 23.2 Å². The molecular formula is C13H18N2O3S. The topological polar surface area (TPSA) is 60.9 Å². The van der Waals surface area contributed by atoms with E-state index in [1.54, 1.807) is 23.3 Å². The molecule has 19 heavy (non-hydrogen) atoms. The van der Waals surface area contributed by atoms with Gasteiger partial charge in [0.2, 0.25) is 5.91 Å². The van der Waals surface area contributed by atoms with Crippen molar-refractivity contribution in [2.45, 2.75) is 19.4 Å². The molecule has 0 unspecified atom stereocenters. The maximum absolute atomic E-state index is 12.1. The molecule has 2 heterocycles. The van der Waals surface area contributed by atoms with Crippen molar-refractivity contribution in [1.29, 1.82) is 0 Å². The molecule has 2 rings (SSSR count). The molecule has 1 aliphatic rings. The minimum atomic E-state index is -0.833. The number of thiophene rings is 1. The Kier molecular flexibility index (Phi) is 4.55. The second-order valence-electron chi connectivity index (χ2n) is 4.82. The van der Waals surface area contributed by atoms with Crippen LogP contribution in [-0.4, -0.2) is 53.5 Å². The van der Waals surface area contributed by atoms with Crippen molar-refractivity contribution in [2.24, 2.45) is 0 Å². The first-order valence-electron chi connectivity index (χ1n) is 6.29. The Hall–Kier alpha value is -1.40. The number of rotatable bonds is 5. The number of hydrogen-bond donors (Lipinski definition) is 1. The third-order valence-corrected chi connectivity index (χ3v) is 4.30. The van der Waals surface area contributed by atoms with Crippen molar-refractivity contribution in [3.05, 3.63) is 21.9 Å². The summed E-state index contributed by atoms with van der Waals surface area (Å²) in [5.74, 6) is -0.759. The number of fused-ring (bicyclic) bond motifs is 1. The van der Waals surface area contributed by atoms with E-state index in [1.807, 2.05) is 4.90 Å². The highest BCUT2D eigenvalue weighted by molar-refractivity contribution is 7.10. The average Bonchev–Trinajstić information content (AvgIpc) is 2.83. The second-order valence-corrected chi connectivity index (χ2v) is 5.82. The van der Waals surface area contributed by atoms with Crippen LogP contribution >= 0.6 is 11.3 Å². The molecule has 1 aromatic rings. The first-order valence-corrected chi connectivity index (χ1v) is 7.17. The number of hydrogen-bond acceptors (Lipinski definition) is 4. The van der Waals surface area contributed by atoms with Crippen LogP contribution in [0.15, 0.2) is 11.4 Å². The molecule has 1 amide bonds. The Labute approximate surface area is 116 Å². The molecule has 6 heteroatoms. The van der Waals surface area contributed by atoms with Crippen LogP contribution < -0.4 is 0 Å². The van der Waals surface area contributed by atoms with E-state index in [0.717, 1.165) is 13.0 Å². The monoisotopic (exact) mass is 282 g/mol. The molecule has 0 saturated carbocycles. The molecule has 1 aromatic heterocycles. The largest absolute Gasteiger partial charge is 0.481 e. The molecule has 0 aromatic carbocycles. The summed E-state index contributed by atoms with van der Waals surface area (Å²) in [4.78, 5) is 27.6. The normalized spacial score (nSPS) is 14.5. The van der Waals surface area contributed by atoms with Crippen LogP contribution in [0, 0.1) is 0 Å². The Morgan fingerprint density at radius 3 is 3.05 bits per heavy atom. The minimum absolute atomic E-state index is 0.0679. The molecule has 104 valence electrons. The van der Waals surface area contributed by atoms with Crippen LogP contribution in [0.25, 0.3) is 0 Å². The summed E-state index contributed by atoms with van der Waals surface area (Å²) in [6, 6.07) is 2.08. The van der Waals surface area contributed by atoms with Gasteiger partial charge in [0.05, 0.1) is 13.0 Å². The van der Waals surface area contributed by atoms with Crippen molar-refractivity contribution < 1.29 is 14.7 Å². The van der Waals surface area contributed by atoms with Gasteiger partial charge in [-0.15, -0.1) is 11.3 Å². The maximum Gasteiger partial charge on any atom is 0.304 e. The number of carbonyl (C=O) groups is 2. The van der Waals surface area contributed by atoms with Gasteiger partial charge in [-0.05, 0) is 30.5 Å². The Bertz CT molecular complexity index is 472. The van der Waals surface area contributed by atoms with E-state index in [1.165, 1.54) is 10.4 Å². The van der Waals surface area contributed by atoms with Gasteiger partial charge in [-0.3, -0.25) is 14.5 Å². The minimum Gasteiger partial charge on any atom is -0.481 e. The Balaban J connectivity index is 1.83.